The van der Waals surface area contributed by atoms with Gasteiger partial charge < -0.3 is 19.4 Å². The van der Waals surface area contributed by atoms with Crippen molar-refractivity contribution in [3.63, 3.8) is 0 Å². The van der Waals surface area contributed by atoms with Gasteiger partial charge in [0.15, 0.2) is 0 Å². The number of hydrogen-bond acceptors (Lipinski definition) is 7. The maximum atomic E-state index is 13.0. The van der Waals surface area contributed by atoms with Crippen LogP contribution in [-0.4, -0.2) is 52.1 Å². The highest BCUT2D eigenvalue weighted by molar-refractivity contribution is 5.98. The van der Waals surface area contributed by atoms with E-state index in [9.17, 15) is 14.4 Å². The number of furan rings is 1. The molecule has 0 saturated heterocycles. The molecule has 172 valence electrons. The second-order valence-electron chi connectivity index (χ2n) is 7.74. The van der Waals surface area contributed by atoms with Gasteiger partial charge >= 0.3 is 6.03 Å². The van der Waals surface area contributed by atoms with Gasteiger partial charge in [-0.25, -0.2) is 4.79 Å². The Morgan fingerprint density at radius 1 is 1.32 bits per heavy atom. The molecule has 0 radical (unpaired) electrons. The van der Waals surface area contributed by atoms with Crippen LogP contribution in [0.4, 0.5) is 4.79 Å². The van der Waals surface area contributed by atoms with Crippen molar-refractivity contribution in [2.75, 3.05) is 13.7 Å². The average molecular weight is 460 g/mol. The predicted octanol–water partition coefficient (Wildman–Crippen LogP) is 2.38. The van der Waals surface area contributed by atoms with E-state index in [2.05, 4.69) is 25.8 Å². The lowest BCUT2D eigenvalue weighted by atomic mass is 10.1. The summed E-state index contributed by atoms with van der Waals surface area (Å²) in [4.78, 5) is 42.0. The van der Waals surface area contributed by atoms with E-state index in [1.807, 2.05) is 6.07 Å². The number of carbonyl (C=O) groups excluding carboxylic acids is 3. The molecule has 3 N–H and O–H groups in total. The van der Waals surface area contributed by atoms with Crippen LogP contribution in [0.2, 0.25) is 0 Å². The number of aromatic amines is 1. The molecule has 11 heteroatoms. The molecule has 0 spiro atoms. The van der Waals surface area contributed by atoms with E-state index in [-0.39, 0.29) is 18.9 Å². The number of amides is 4. The number of H-pyrrole nitrogens is 1. The molecule has 3 aromatic heterocycles. The van der Waals surface area contributed by atoms with Crippen LogP contribution in [0.25, 0.3) is 22.2 Å². The van der Waals surface area contributed by atoms with Gasteiger partial charge in [0.1, 0.15) is 23.1 Å². The second kappa shape index (κ2) is 8.70. The van der Waals surface area contributed by atoms with Crippen LogP contribution >= 0.6 is 0 Å². The monoisotopic (exact) mass is 460 g/mol. The van der Waals surface area contributed by atoms with Crippen LogP contribution in [0.3, 0.4) is 0 Å². The highest BCUT2D eigenvalue weighted by Crippen LogP contribution is 2.31. The number of rotatable bonds is 7. The number of nitrogens with one attached hydrogen (secondary N) is 3. The first-order chi connectivity index (χ1) is 16.6. The lowest BCUT2D eigenvalue weighted by Gasteiger charge is -2.23. The van der Waals surface area contributed by atoms with Gasteiger partial charge in [0.2, 0.25) is 6.41 Å². The third-order valence-corrected chi connectivity index (χ3v) is 5.65. The second-order valence-corrected chi connectivity index (χ2v) is 7.74. The van der Waals surface area contributed by atoms with Crippen molar-refractivity contribution in [2.24, 2.45) is 0 Å². The van der Waals surface area contributed by atoms with Gasteiger partial charge in [-0.2, -0.15) is 5.10 Å². The Balaban J connectivity index is 1.44. The van der Waals surface area contributed by atoms with Gasteiger partial charge in [-0.1, -0.05) is 6.07 Å². The molecule has 34 heavy (non-hydrogen) atoms. The van der Waals surface area contributed by atoms with E-state index in [1.54, 1.807) is 54.9 Å². The molecule has 0 fully saturated rings. The summed E-state index contributed by atoms with van der Waals surface area (Å²) in [6.07, 6.45) is 5.32. The topological polar surface area (TPSA) is 142 Å². The van der Waals surface area contributed by atoms with Crippen molar-refractivity contribution in [3.05, 3.63) is 65.8 Å². The fourth-order valence-corrected chi connectivity index (χ4v) is 3.97. The first-order valence-electron chi connectivity index (χ1n) is 10.4. The lowest BCUT2D eigenvalue weighted by Crippen LogP contribution is -2.42. The zero-order valence-electron chi connectivity index (χ0n) is 18.1. The van der Waals surface area contributed by atoms with Gasteiger partial charge in [0.25, 0.3) is 5.91 Å². The Hall–Kier alpha value is -4.67. The van der Waals surface area contributed by atoms with E-state index in [1.165, 1.54) is 0 Å². The Bertz CT molecular complexity index is 1380. The minimum absolute atomic E-state index is 0.129. The lowest BCUT2D eigenvalue weighted by molar-refractivity contribution is -0.108. The number of nitrogens with zero attached hydrogens (tertiary/aromatic N) is 3. The summed E-state index contributed by atoms with van der Waals surface area (Å²) in [5, 5.41) is 12.2. The molecule has 5 rings (SSSR count). The molecule has 1 atom stereocenters. The standard InChI is InChI=1S/C23H20N6O5/c1-33-16-3-2-13-10-29(22(31)17(13)5-16)11-19(28-23(32)25-12-30)21-4-14-7-24-18(6-20(14)34-21)15-8-26-27-9-15/h2-9,12,19H,10-11H2,1H3,(H,26,27)(H2,25,28,30,32)/t19-/m0/s1. The van der Waals surface area contributed by atoms with Crippen molar-refractivity contribution in [3.8, 4) is 17.0 Å². The van der Waals surface area contributed by atoms with Crippen molar-refractivity contribution >= 4 is 29.3 Å². The number of aromatic nitrogens is 3. The highest BCUT2D eigenvalue weighted by Gasteiger charge is 2.31. The summed E-state index contributed by atoms with van der Waals surface area (Å²) in [5.74, 6) is 0.826. The first-order valence-corrected chi connectivity index (χ1v) is 10.4. The first kappa shape index (κ1) is 21.2. The third kappa shape index (κ3) is 3.94. The number of imide groups is 1. The molecular formula is C23H20N6O5. The van der Waals surface area contributed by atoms with Gasteiger partial charge in [-0.15, -0.1) is 0 Å². The van der Waals surface area contributed by atoms with E-state index < -0.39 is 12.1 Å². The Morgan fingerprint density at radius 3 is 2.97 bits per heavy atom. The van der Waals surface area contributed by atoms with Crippen LogP contribution in [0.5, 0.6) is 5.75 Å². The van der Waals surface area contributed by atoms with Crippen molar-refractivity contribution in [1.82, 2.24) is 30.7 Å². The smallest absolute Gasteiger partial charge is 0.321 e. The van der Waals surface area contributed by atoms with Crippen LogP contribution in [0, 0.1) is 0 Å². The van der Waals surface area contributed by atoms with E-state index in [0.29, 0.717) is 34.9 Å². The summed E-state index contributed by atoms with van der Waals surface area (Å²) in [7, 11) is 1.54. The number of pyridine rings is 1. The van der Waals surface area contributed by atoms with Crippen molar-refractivity contribution < 1.29 is 23.5 Å². The molecule has 4 aromatic rings. The van der Waals surface area contributed by atoms with Crippen LogP contribution in [-0.2, 0) is 11.3 Å². The summed E-state index contributed by atoms with van der Waals surface area (Å²) in [6, 6.07) is 7.45. The normalized spacial score (nSPS) is 13.6. The van der Waals surface area contributed by atoms with Gasteiger partial charge in [0, 0.05) is 48.1 Å². The van der Waals surface area contributed by atoms with E-state index in [0.717, 1.165) is 16.5 Å². The molecule has 0 bridgehead atoms. The number of hydrogen-bond donors (Lipinski definition) is 3. The largest absolute Gasteiger partial charge is 0.497 e. The minimum Gasteiger partial charge on any atom is -0.497 e. The SMILES string of the molecule is COc1ccc2c(c1)C(=O)N(C[C@H](NC(=O)NC=O)c1cc3cnc(-c4cn[nH]c4)cc3o1)C2. The molecule has 1 aromatic carbocycles. The number of carbonyl (C=O) groups is 3. The Morgan fingerprint density at radius 2 is 2.21 bits per heavy atom. The minimum atomic E-state index is -0.718. The van der Waals surface area contributed by atoms with Crippen molar-refractivity contribution in [2.45, 2.75) is 12.6 Å². The van der Waals surface area contributed by atoms with Gasteiger partial charge in [-0.05, 0) is 23.8 Å². The summed E-state index contributed by atoms with van der Waals surface area (Å²) in [6.45, 7) is 0.502. The fourth-order valence-electron chi connectivity index (χ4n) is 3.97. The van der Waals surface area contributed by atoms with Crippen LogP contribution < -0.4 is 15.4 Å². The highest BCUT2D eigenvalue weighted by atomic mass is 16.5. The predicted molar refractivity (Wildman–Crippen MR) is 120 cm³/mol. The summed E-state index contributed by atoms with van der Waals surface area (Å²) >= 11 is 0. The van der Waals surface area contributed by atoms with Crippen molar-refractivity contribution in [1.29, 1.82) is 0 Å². The number of fused-ring (bicyclic) bond motifs is 2. The Kier molecular flexibility index (Phi) is 5.42. The van der Waals surface area contributed by atoms with Gasteiger partial charge in [-0.3, -0.25) is 25.0 Å². The van der Waals surface area contributed by atoms with Crippen LogP contribution in [0.15, 0.2) is 53.3 Å². The molecule has 1 aliphatic rings. The zero-order valence-corrected chi connectivity index (χ0v) is 18.1. The van der Waals surface area contributed by atoms with E-state index in [4.69, 9.17) is 9.15 Å². The third-order valence-electron chi connectivity index (χ3n) is 5.65. The maximum Gasteiger partial charge on any atom is 0.321 e. The molecule has 1 aliphatic heterocycles. The average Bonchev–Trinajstić information content (AvgIpc) is 3.58. The molecule has 0 unspecified atom stereocenters. The molecular weight excluding hydrogens is 440 g/mol. The van der Waals surface area contributed by atoms with Gasteiger partial charge in [0.05, 0.1) is 19.0 Å². The van der Waals surface area contributed by atoms with Crippen LogP contribution in [0.1, 0.15) is 27.7 Å². The molecule has 0 saturated carbocycles. The summed E-state index contributed by atoms with van der Waals surface area (Å²) in [5.41, 5.74) is 3.44. The quantitative estimate of drug-likeness (QED) is 0.359. The number of methoxy groups -OCH3 is 1. The number of benzene rings is 1. The zero-order chi connectivity index (χ0) is 23.7. The summed E-state index contributed by atoms with van der Waals surface area (Å²) < 4.78 is 11.3. The molecule has 11 nitrogen and oxygen atoms in total. The fraction of sp³-hybridized carbons (Fsp3) is 0.174. The number of ether oxygens (including phenoxy) is 1. The molecule has 4 amide bonds. The maximum absolute atomic E-state index is 13.0. The van der Waals surface area contributed by atoms with E-state index >= 15 is 0 Å². The molecule has 4 heterocycles. The Labute approximate surface area is 193 Å². The molecule has 0 aliphatic carbocycles. The number of urea groups is 1.